The molecule has 22 heavy (non-hydrogen) atoms. The first-order chi connectivity index (χ1) is 10.1. The second-order valence-electron chi connectivity index (χ2n) is 5.86. The van der Waals surface area contributed by atoms with Crippen LogP contribution < -0.4 is 10.6 Å². The molecule has 1 aliphatic heterocycles. The highest BCUT2D eigenvalue weighted by Crippen LogP contribution is 2.16. The second kappa shape index (κ2) is 9.37. The molecule has 2 heterocycles. The average Bonchev–Trinajstić information content (AvgIpc) is 2.74. The van der Waals surface area contributed by atoms with Crippen molar-refractivity contribution < 1.29 is 4.79 Å². The van der Waals surface area contributed by atoms with Gasteiger partial charge in [0.15, 0.2) is 5.16 Å². The number of amides is 1. The van der Waals surface area contributed by atoms with Crippen molar-refractivity contribution in [3.63, 3.8) is 0 Å². The molecule has 0 saturated carbocycles. The van der Waals surface area contributed by atoms with Crippen molar-refractivity contribution in [2.24, 2.45) is 11.8 Å². The molecule has 2 rings (SSSR count). The average molecular weight is 348 g/mol. The van der Waals surface area contributed by atoms with Crippen LogP contribution in [0, 0.1) is 11.8 Å². The Bertz CT molecular complexity index is 476. The molecule has 1 fully saturated rings. The quantitative estimate of drug-likeness (QED) is 0.548. The molecule has 0 bridgehead atoms. The summed E-state index contributed by atoms with van der Waals surface area (Å²) in [5.74, 6) is 1.92. The van der Waals surface area contributed by atoms with Crippen LogP contribution in [0.3, 0.4) is 0 Å². The fraction of sp³-hybridized carbons (Fsp3) is 0.786. The van der Waals surface area contributed by atoms with Crippen molar-refractivity contribution in [1.29, 1.82) is 0 Å². The minimum absolute atomic E-state index is 0. The van der Waals surface area contributed by atoms with Gasteiger partial charge in [-0.15, -0.1) is 22.6 Å². The molecule has 1 aromatic rings. The van der Waals surface area contributed by atoms with E-state index in [-0.39, 0.29) is 24.2 Å². The van der Waals surface area contributed by atoms with E-state index in [4.69, 9.17) is 0 Å². The van der Waals surface area contributed by atoms with Gasteiger partial charge in [-0.05, 0) is 18.6 Å². The summed E-state index contributed by atoms with van der Waals surface area (Å²) in [7, 11) is 0. The molecule has 2 N–H and O–H groups in total. The van der Waals surface area contributed by atoms with Gasteiger partial charge in [0.05, 0.1) is 5.92 Å². The Balaban J connectivity index is 0.00000242. The lowest BCUT2D eigenvalue weighted by molar-refractivity contribution is -0.126. The van der Waals surface area contributed by atoms with E-state index in [2.05, 4.69) is 39.2 Å². The van der Waals surface area contributed by atoms with Crippen LogP contribution in [0.25, 0.3) is 0 Å². The second-order valence-corrected chi connectivity index (χ2v) is 6.63. The Morgan fingerprint density at radius 2 is 2.18 bits per heavy atom. The van der Waals surface area contributed by atoms with E-state index in [9.17, 15) is 4.79 Å². The fourth-order valence-electron chi connectivity index (χ4n) is 2.28. The van der Waals surface area contributed by atoms with Crippen LogP contribution in [0.1, 0.15) is 26.1 Å². The molecule has 126 valence electrons. The third kappa shape index (κ3) is 5.14. The van der Waals surface area contributed by atoms with Crippen molar-refractivity contribution in [3.05, 3.63) is 5.82 Å². The summed E-state index contributed by atoms with van der Waals surface area (Å²) in [6, 6.07) is 0. The van der Waals surface area contributed by atoms with Crippen LogP contribution in [0.15, 0.2) is 5.16 Å². The Morgan fingerprint density at radius 3 is 2.73 bits per heavy atom. The molecule has 8 heteroatoms. The number of aromatic nitrogens is 3. The number of carbonyl (C=O) groups is 1. The summed E-state index contributed by atoms with van der Waals surface area (Å²) in [4.78, 5) is 11.7. The Labute approximate surface area is 142 Å². The summed E-state index contributed by atoms with van der Waals surface area (Å²) >= 11 is 1.63. The van der Waals surface area contributed by atoms with Gasteiger partial charge in [-0.25, -0.2) is 0 Å². The van der Waals surface area contributed by atoms with E-state index in [1.54, 1.807) is 11.8 Å². The van der Waals surface area contributed by atoms with Gasteiger partial charge < -0.3 is 15.2 Å². The maximum absolute atomic E-state index is 11.7. The van der Waals surface area contributed by atoms with Gasteiger partial charge in [-0.3, -0.25) is 4.79 Å². The molecule has 0 atom stereocenters. The molecular formula is C14H26ClN5OS. The van der Waals surface area contributed by atoms with Crippen LogP contribution in [0.4, 0.5) is 0 Å². The van der Waals surface area contributed by atoms with E-state index in [0.29, 0.717) is 12.5 Å². The molecule has 0 aliphatic carbocycles. The van der Waals surface area contributed by atoms with Gasteiger partial charge in [0.2, 0.25) is 5.91 Å². The van der Waals surface area contributed by atoms with E-state index in [0.717, 1.165) is 43.5 Å². The molecule has 1 aliphatic rings. The number of rotatable bonds is 8. The molecule has 0 aromatic carbocycles. The highest BCUT2D eigenvalue weighted by Gasteiger charge is 2.24. The highest BCUT2D eigenvalue weighted by molar-refractivity contribution is 7.98. The zero-order valence-corrected chi connectivity index (χ0v) is 15.1. The number of hydrogen-bond acceptors (Lipinski definition) is 5. The van der Waals surface area contributed by atoms with Crippen molar-refractivity contribution in [1.82, 2.24) is 25.4 Å². The molecule has 0 spiro atoms. The van der Waals surface area contributed by atoms with Gasteiger partial charge in [0.25, 0.3) is 0 Å². The predicted molar refractivity (Wildman–Crippen MR) is 91.6 cm³/mol. The maximum Gasteiger partial charge on any atom is 0.225 e. The number of hydrogen-bond donors (Lipinski definition) is 2. The van der Waals surface area contributed by atoms with Crippen LogP contribution >= 0.6 is 24.2 Å². The van der Waals surface area contributed by atoms with Gasteiger partial charge >= 0.3 is 0 Å². The van der Waals surface area contributed by atoms with Gasteiger partial charge in [-0.2, -0.15) is 0 Å². The lowest BCUT2D eigenvalue weighted by Crippen LogP contribution is -2.50. The minimum Gasteiger partial charge on any atom is -0.356 e. The standard InChI is InChI=1S/C14H25N5OS.ClH/c1-10(2)9-19-12(17-18-14(19)21-3)5-4-6-16-13(20)11-7-15-8-11;/h10-11,15H,4-9H2,1-3H3,(H,16,20);1H. The fourth-order valence-corrected chi connectivity index (χ4v) is 2.80. The number of nitrogens with zero attached hydrogens (tertiary/aromatic N) is 3. The van der Waals surface area contributed by atoms with Gasteiger partial charge in [0.1, 0.15) is 5.82 Å². The summed E-state index contributed by atoms with van der Waals surface area (Å²) in [6.07, 6.45) is 3.78. The predicted octanol–water partition coefficient (Wildman–Crippen LogP) is 1.35. The first-order valence-corrected chi connectivity index (χ1v) is 8.78. The molecule has 0 unspecified atom stereocenters. The van der Waals surface area contributed by atoms with Crippen molar-refractivity contribution in [2.75, 3.05) is 25.9 Å². The number of thioether (sulfide) groups is 1. The van der Waals surface area contributed by atoms with E-state index in [1.807, 2.05) is 6.26 Å². The molecule has 6 nitrogen and oxygen atoms in total. The summed E-state index contributed by atoms with van der Waals surface area (Å²) in [5.41, 5.74) is 0. The maximum atomic E-state index is 11.7. The summed E-state index contributed by atoms with van der Waals surface area (Å²) in [5, 5.41) is 15.6. The van der Waals surface area contributed by atoms with E-state index in [1.165, 1.54) is 0 Å². The van der Waals surface area contributed by atoms with Crippen LogP contribution in [0.5, 0.6) is 0 Å². The number of halogens is 1. The number of carbonyl (C=O) groups excluding carboxylic acids is 1. The summed E-state index contributed by atoms with van der Waals surface area (Å²) < 4.78 is 2.20. The van der Waals surface area contributed by atoms with E-state index < -0.39 is 0 Å². The molecule has 0 radical (unpaired) electrons. The third-order valence-corrected chi connectivity index (χ3v) is 4.22. The zero-order chi connectivity index (χ0) is 15.2. The number of nitrogens with one attached hydrogen (secondary N) is 2. The van der Waals surface area contributed by atoms with Crippen LogP contribution in [-0.2, 0) is 17.8 Å². The Morgan fingerprint density at radius 1 is 1.45 bits per heavy atom. The van der Waals surface area contributed by atoms with Crippen LogP contribution in [0.2, 0.25) is 0 Å². The molecule has 1 amide bonds. The summed E-state index contributed by atoms with van der Waals surface area (Å²) in [6.45, 7) is 7.66. The largest absolute Gasteiger partial charge is 0.356 e. The smallest absolute Gasteiger partial charge is 0.225 e. The lowest BCUT2D eigenvalue weighted by Gasteiger charge is -2.25. The lowest BCUT2D eigenvalue weighted by atomic mass is 10.0. The van der Waals surface area contributed by atoms with Crippen molar-refractivity contribution in [3.8, 4) is 0 Å². The number of aryl methyl sites for hydroxylation is 1. The highest BCUT2D eigenvalue weighted by atomic mass is 35.5. The topological polar surface area (TPSA) is 71.8 Å². The Kier molecular flexibility index (Phi) is 8.20. The van der Waals surface area contributed by atoms with Gasteiger partial charge in [0, 0.05) is 32.6 Å². The molecule has 1 aromatic heterocycles. The minimum atomic E-state index is 0. The third-order valence-electron chi connectivity index (χ3n) is 3.55. The molecule has 1 saturated heterocycles. The van der Waals surface area contributed by atoms with E-state index >= 15 is 0 Å². The SMILES string of the molecule is CSc1nnc(CCCNC(=O)C2CNC2)n1CC(C)C.Cl. The zero-order valence-electron chi connectivity index (χ0n) is 13.5. The van der Waals surface area contributed by atoms with Gasteiger partial charge in [-0.1, -0.05) is 25.6 Å². The van der Waals surface area contributed by atoms with Crippen molar-refractivity contribution >= 4 is 30.1 Å². The van der Waals surface area contributed by atoms with Crippen molar-refractivity contribution in [2.45, 2.75) is 38.4 Å². The first kappa shape index (κ1) is 19.3. The normalized spacial score (nSPS) is 14.5. The molecular weight excluding hydrogens is 322 g/mol. The Hall–Kier alpha value is -0.790. The monoisotopic (exact) mass is 347 g/mol. The first-order valence-electron chi connectivity index (χ1n) is 7.56. The van der Waals surface area contributed by atoms with Crippen LogP contribution in [-0.4, -0.2) is 46.6 Å².